The van der Waals surface area contributed by atoms with Crippen molar-refractivity contribution < 1.29 is 29.6 Å². The number of aliphatic hydroxyl groups excluding tert-OH is 2. The first-order valence-electron chi connectivity index (χ1n) is 18.8. The van der Waals surface area contributed by atoms with Gasteiger partial charge in [0.2, 0.25) is 0 Å². The Morgan fingerprint density at radius 3 is 1.23 bits per heavy atom. The molecule has 6 heteroatoms. The molecule has 0 aliphatic rings. The highest BCUT2D eigenvalue weighted by atomic mass is 16.8. The van der Waals surface area contributed by atoms with E-state index < -0.39 is 24.7 Å². The lowest BCUT2D eigenvalue weighted by atomic mass is 10.0. The van der Waals surface area contributed by atoms with Crippen LogP contribution in [-0.4, -0.2) is 46.6 Å². The van der Waals surface area contributed by atoms with E-state index in [-0.39, 0.29) is 19.4 Å². The predicted molar refractivity (Wildman–Crippen MR) is 180 cm³/mol. The molecule has 6 nitrogen and oxygen atoms in total. The topological polar surface area (TPSA) is 96.2 Å². The van der Waals surface area contributed by atoms with Crippen molar-refractivity contribution in [2.45, 2.75) is 219 Å². The van der Waals surface area contributed by atoms with Gasteiger partial charge in [-0.2, -0.15) is 0 Å². The Morgan fingerprint density at radius 2 is 0.884 bits per heavy atom. The van der Waals surface area contributed by atoms with Gasteiger partial charge in [-0.1, -0.05) is 181 Å². The molecule has 0 fully saturated rings. The first-order chi connectivity index (χ1) is 21.0. The Morgan fingerprint density at radius 1 is 0.558 bits per heavy atom. The summed E-state index contributed by atoms with van der Waals surface area (Å²) in [6, 6.07) is 0. The molecule has 0 aromatic heterocycles. The summed E-state index contributed by atoms with van der Waals surface area (Å²) < 4.78 is 10.8. The summed E-state index contributed by atoms with van der Waals surface area (Å²) >= 11 is 0. The second-order valence-electron chi connectivity index (χ2n) is 13.0. The molecular formula is C37H74O6. The molecule has 2 atom stereocenters. The average Bonchev–Trinajstić information content (AvgIpc) is 3.00. The van der Waals surface area contributed by atoms with Gasteiger partial charge in [-0.15, -0.1) is 0 Å². The summed E-state index contributed by atoms with van der Waals surface area (Å²) in [5, 5.41) is 29.6. The first kappa shape index (κ1) is 42.3. The lowest BCUT2D eigenvalue weighted by Gasteiger charge is -2.28. The molecule has 3 N–H and O–H groups in total. The van der Waals surface area contributed by atoms with E-state index in [0.29, 0.717) is 6.42 Å². The molecule has 0 bridgehead atoms. The van der Waals surface area contributed by atoms with Gasteiger partial charge >= 0.3 is 11.9 Å². The van der Waals surface area contributed by atoms with Crippen molar-refractivity contribution >= 4 is 5.97 Å². The minimum Gasteiger partial charge on any atom is -0.408 e. The van der Waals surface area contributed by atoms with Crippen molar-refractivity contribution in [3.63, 3.8) is 0 Å². The molecule has 0 amide bonds. The van der Waals surface area contributed by atoms with Crippen molar-refractivity contribution in [2.75, 3.05) is 13.2 Å². The summed E-state index contributed by atoms with van der Waals surface area (Å²) in [5.74, 6) is -2.51. The van der Waals surface area contributed by atoms with Crippen LogP contribution in [0.25, 0.3) is 0 Å². The zero-order valence-corrected chi connectivity index (χ0v) is 28.8. The molecule has 0 rings (SSSR count). The maximum atomic E-state index is 12.5. The van der Waals surface area contributed by atoms with E-state index in [1.54, 1.807) is 0 Å². The number of esters is 1. The van der Waals surface area contributed by atoms with Crippen molar-refractivity contribution in [1.82, 2.24) is 0 Å². The minimum atomic E-state index is -2.04. The Hall–Kier alpha value is -0.690. The van der Waals surface area contributed by atoms with Crippen molar-refractivity contribution in [3.05, 3.63) is 0 Å². The first-order valence-corrected chi connectivity index (χ1v) is 18.8. The second kappa shape index (κ2) is 32.7. The van der Waals surface area contributed by atoms with Gasteiger partial charge < -0.3 is 24.8 Å². The molecule has 258 valence electrons. The fraction of sp³-hybridized carbons (Fsp3) is 0.973. The standard InChI is InChI=1S/C37H74O6/c1-3-5-7-9-11-13-15-17-18-19-21-23-25-27-29-31-36(40)43-37(41,42-34-35(39)33-38)32-30-28-26-24-22-20-16-14-12-10-8-6-4-2/h35,38-39,41H,3-34H2,1-2H3. The number of carbonyl (C=O) groups excluding carboxylic acids is 1. The number of aliphatic hydroxyl groups is 3. The normalized spacial score (nSPS) is 13.7. The van der Waals surface area contributed by atoms with E-state index in [1.807, 2.05) is 0 Å². The van der Waals surface area contributed by atoms with E-state index in [2.05, 4.69) is 13.8 Å². The highest BCUT2D eigenvalue weighted by Crippen LogP contribution is 2.22. The van der Waals surface area contributed by atoms with Crippen LogP contribution in [0.3, 0.4) is 0 Å². The smallest absolute Gasteiger partial charge is 0.326 e. The Balaban J connectivity index is 3.93. The summed E-state index contributed by atoms with van der Waals surface area (Å²) in [7, 11) is 0. The van der Waals surface area contributed by atoms with Crippen LogP contribution in [-0.2, 0) is 14.3 Å². The Kier molecular flexibility index (Phi) is 32.2. The molecule has 43 heavy (non-hydrogen) atoms. The molecule has 0 aromatic rings. The number of carbonyl (C=O) groups is 1. The van der Waals surface area contributed by atoms with Crippen LogP contribution < -0.4 is 0 Å². The third-order valence-corrected chi connectivity index (χ3v) is 8.57. The van der Waals surface area contributed by atoms with Gasteiger partial charge in [0.1, 0.15) is 6.10 Å². The van der Waals surface area contributed by atoms with Crippen LogP contribution in [0.2, 0.25) is 0 Å². The zero-order valence-electron chi connectivity index (χ0n) is 28.8. The fourth-order valence-electron chi connectivity index (χ4n) is 5.67. The molecular weight excluding hydrogens is 540 g/mol. The summed E-state index contributed by atoms with van der Waals surface area (Å²) in [4.78, 5) is 12.5. The molecule has 0 radical (unpaired) electrons. The third-order valence-electron chi connectivity index (χ3n) is 8.57. The van der Waals surface area contributed by atoms with Crippen molar-refractivity contribution in [2.24, 2.45) is 0 Å². The van der Waals surface area contributed by atoms with Gasteiger partial charge in [0.15, 0.2) is 0 Å². The lowest BCUT2D eigenvalue weighted by Crippen LogP contribution is -2.40. The van der Waals surface area contributed by atoms with Gasteiger partial charge in [-0.25, -0.2) is 0 Å². The molecule has 0 spiro atoms. The van der Waals surface area contributed by atoms with Crippen LogP contribution in [0.15, 0.2) is 0 Å². The van der Waals surface area contributed by atoms with Crippen LogP contribution in [0.1, 0.15) is 206 Å². The molecule has 0 aliphatic carbocycles. The molecule has 0 saturated heterocycles. The number of unbranched alkanes of at least 4 members (excludes halogenated alkanes) is 26. The highest BCUT2D eigenvalue weighted by Gasteiger charge is 2.33. The number of rotatable bonds is 35. The van der Waals surface area contributed by atoms with E-state index >= 15 is 0 Å². The van der Waals surface area contributed by atoms with Crippen LogP contribution in [0.4, 0.5) is 0 Å². The number of hydrogen-bond acceptors (Lipinski definition) is 6. The van der Waals surface area contributed by atoms with E-state index in [0.717, 1.165) is 32.1 Å². The SMILES string of the molecule is CCCCCCCCCCCCCCCCCC(=O)OC(O)(CCCCCCCCCCCCCCC)OCC(O)CO. The van der Waals surface area contributed by atoms with E-state index in [9.17, 15) is 15.0 Å². The van der Waals surface area contributed by atoms with Gasteiger partial charge in [0.05, 0.1) is 13.2 Å². The monoisotopic (exact) mass is 615 g/mol. The summed E-state index contributed by atoms with van der Waals surface area (Å²) in [6.07, 6.45) is 34.1. The van der Waals surface area contributed by atoms with Crippen molar-refractivity contribution in [3.8, 4) is 0 Å². The van der Waals surface area contributed by atoms with Crippen molar-refractivity contribution in [1.29, 1.82) is 0 Å². The van der Waals surface area contributed by atoms with Gasteiger partial charge in [-0.05, 0) is 12.8 Å². The zero-order chi connectivity index (χ0) is 31.7. The fourth-order valence-corrected chi connectivity index (χ4v) is 5.67. The number of hydrogen-bond donors (Lipinski definition) is 3. The van der Waals surface area contributed by atoms with Crippen LogP contribution in [0.5, 0.6) is 0 Å². The second-order valence-corrected chi connectivity index (χ2v) is 13.0. The summed E-state index contributed by atoms with van der Waals surface area (Å²) in [5.41, 5.74) is 0. The molecule has 0 heterocycles. The average molecular weight is 615 g/mol. The number of ether oxygens (including phenoxy) is 2. The van der Waals surface area contributed by atoms with Gasteiger partial charge in [0.25, 0.3) is 0 Å². The summed E-state index contributed by atoms with van der Waals surface area (Å²) in [6.45, 7) is 3.77. The van der Waals surface area contributed by atoms with Crippen LogP contribution in [0, 0.1) is 0 Å². The van der Waals surface area contributed by atoms with E-state index in [1.165, 1.54) is 141 Å². The van der Waals surface area contributed by atoms with Gasteiger partial charge in [0, 0.05) is 12.8 Å². The minimum absolute atomic E-state index is 0.174. The van der Waals surface area contributed by atoms with Crippen LogP contribution >= 0.6 is 0 Å². The largest absolute Gasteiger partial charge is 0.408 e. The maximum Gasteiger partial charge on any atom is 0.326 e. The lowest BCUT2D eigenvalue weighted by molar-refractivity contribution is -0.350. The molecule has 0 aliphatic heterocycles. The molecule has 0 saturated carbocycles. The molecule has 0 aromatic carbocycles. The van der Waals surface area contributed by atoms with Gasteiger partial charge in [-0.3, -0.25) is 4.79 Å². The quantitative estimate of drug-likeness (QED) is 0.0373. The van der Waals surface area contributed by atoms with E-state index in [4.69, 9.17) is 14.6 Å². The predicted octanol–water partition coefficient (Wildman–Crippen LogP) is 10.3. The highest BCUT2D eigenvalue weighted by molar-refractivity contribution is 5.69. The molecule has 2 unspecified atom stereocenters. The Bertz CT molecular complexity index is 571. The third kappa shape index (κ3) is 31.1. The maximum absolute atomic E-state index is 12.5. The Labute approximate surface area is 267 Å².